The van der Waals surface area contributed by atoms with E-state index < -0.39 is 0 Å². The van der Waals surface area contributed by atoms with Gasteiger partial charge >= 0.3 is 0 Å². The molecule has 0 radical (unpaired) electrons. The molecule has 0 bridgehead atoms. The van der Waals surface area contributed by atoms with Crippen LogP contribution in [-0.2, 0) is 0 Å². The van der Waals surface area contributed by atoms with Crippen LogP contribution in [0.15, 0.2) is 60.8 Å². The summed E-state index contributed by atoms with van der Waals surface area (Å²) in [5, 5.41) is 3.22. The number of halogens is 1. The number of aromatic nitrogens is 1. The van der Waals surface area contributed by atoms with Crippen LogP contribution in [0.5, 0.6) is 5.75 Å². The molecule has 0 saturated heterocycles. The molecular weight excluding hydrogens is 423 g/mol. The number of amides is 1. The quantitative estimate of drug-likeness (QED) is 0.390. The highest BCUT2D eigenvalue weighted by atomic mass is 32.1. The Morgan fingerprint density at radius 1 is 1.19 bits per heavy atom. The number of thiophene rings is 1. The molecular formula is C26H23FN2O2S. The number of carbonyl (C=O) groups excluding carboxylic acids is 1. The predicted molar refractivity (Wildman–Crippen MR) is 126 cm³/mol. The molecule has 2 aromatic heterocycles. The zero-order chi connectivity index (χ0) is 22.2. The van der Waals surface area contributed by atoms with Crippen LogP contribution in [-0.4, -0.2) is 17.5 Å². The van der Waals surface area contributed by atoms with Crippen LogP contribution < -0.4 is 10.1 Å². The third kappa shape index (κ3) is 3.65. The minimum Gasteiger partial charge on any atom is -0.493 e. The first-order valence-electron chi connectivity index (χ1n) is 10.7. The number of nitrogens with one attached hydrogen (secondary N) is 1. The number of hydrogen-bond donors (Lipinski definition) is 1. The Bertz CT molecular complexity index is 1310. The first-order chi connectivity index (χ1) is 15.5. The molecule has 2 aromatic carbocycles. The standard InChI is InChI=1S/C26H23FN2O2S/c1-15(2)22-23-24(18(10-12-28-23)16-6-5-7-17(27)14-16)32-25(22)26(30)29-20-11-13-31-21-9-4-3-8-19(20)21/h3-10,12,14-15,20H,11,13H2,1-2H3,(H,29,30)/t20-/m0/s1. The maximum absolute atomic E-state index is 13.9. The van der Waals surface area contributed by atoms with Gasteiger partial charge in [0.15, 0.2) is 0 Å². The highest BCUT2D eigenvalue weighted by Crippen LogP contribution is 2.41. The molecule has 1 N–H and O–H groups in total. The SMILES string of the molecule is CC(C)c1c(C(=O)N[C@H]2CCOc3ccccc32)sc2c(-c3cccc(F)c3)ccnc12. The van der Waals surface area contributed by atoms with E-state index in [1.54, 1.807) is 12.3 Å². The number of fused-ring (bicyclic) bond motifs is 2. The van der Waals surface area contributed by atoms with E-state index in [1.165, 1.54) is 23.5 Å². The number of carbonyl (C=O) groups is 1. The first-order valence-corrected chi connectivity index (χ1v) is 11.5. The van der Waals surface area contributed by atoms with Crippen molar-refractivity contribution in [2.45, 2.75) is 32.2 Å². The molecule has 0 aliphatic carbocycles. The van der Waals surface area contributed by atoms with E-state index in [2.05, 4.69) is 24.1 Å². The Kier molecular flexibility index (Phi) is 5.39. The fraction of sp³-hybridized carbons (Fsp3) is 0.231. The van der Waals surface area contributed by atoms with E-state index in [0.29, 0.717) is 11.5 Å². The minimum absolute atomic E-state index is 0.103. The van der Waals surface area contributed by atoms with Gasteiger partial charge in [0.2, 0.25) is 0 Å². The highest BCUT2D eigenvalue weighted by molar-refractivity contribution is 7.21. The molecule has 32 heavy (non-hydrogen) atoms. The van der Waals surface area contributed by atoms with Crippen LogP contribution in [0.3, 0.4) is 0 Å². The van der Waals surface area contributed by atoms with Crippen molar-refractivity contribution in [3.8, 4) is 16.9 Å². The molecule has 3 heterocycles. The fourth-order valence-electron chi connectivity index (χ4n) is 4.31. The lowest BCUT2D eigenvalue weighted by Gasteiger charge is -2.26. The van der Waals surface area contributed by atoms with E-state index >= 15 is 0 Å². The van der Waals surface area contributed by atoms with Crippen molar-refractivity contribution in [3.05, 3.63) is 82.6 Å². The lowest BCUT2D eigenvalue weighted by Crippen LogP contribution is -2.32. The highest BCUT2D eigenvalue weighted by Gasteiger charge is 2.27. The Morgan fingerprint density at radius 3 is 2.84 bits per heavy atom. The number of rotatable bonds is 4. The predicted octanol–water partition coefficient (Wildman–Crippen LogP) is 6.48. The molecule has 6 heteroatoms. The molecule has 162 valence electrons. The van der Waals surface area contributed by atoms with Gasteiger partial charge in [0.1, 0.15) is 11.6 Å². The number of para-hydroxylation sites is 1. The van der Waals surface area contributed by atoms with Gasteiger partial charge in [0.05, 0.1) is 27.7 Å². The summed E-state index contributed by atoms with van der Waals surface area (Å²) >= 11 is 1.43. The largest absolute Gasteiger partial charge is 0.493 e. The average molecular weight is 447 g/mol. The van der Waals surface area contributed by atoms with Gasteiger partial charge < -0.3 is 10.1 Å². The van der Waals surface area contributed by atoms with Gasteiger partial charge in [0.25, 0.3) is 5.91 Å². The van der Waals surface area contributed by atoms with Crippen molar-refractivity contribution in [2.75, 3.05) is 6.61 Å². The summed E-state index contributed by atoms with van der Waals surface area (Å²) in [5.74, 6) is 0.536. The van der Waals surface area contributed by atoms with Crippen LogP contribution in [0, 0.1) is 5.82 Å². The normalized spacial score (nSPS) is 15.4. The van der Waals surface area contributed by atoms with Crippen molar-refractivity contribution in [1.29, 1.82) is 0 Å². The summed E-state index contributed by atoms with van der Waals surface area (Å²) in [6.07, 6.45) is 2.45. The van der Waals surface area contributed by atoms with Gasteiger partial charge in [-0.3, -0.25) is 9.78 Å². The van der Waals surface area contributed by atoms with Gasteiger partial charge in [-0.25, -0.2) is 4.39 Å². The molecule has 1 atom stereocenters. The molecule has 1 aliphatic rings. The molecule has 0 spiro atoms. The van der Waals surface area contributed by atoms with E-state index in [-0.39, 0.29) is 23.7 Å². The molecule has 0 fully saturated rings. The average Bonchev–Trinajstić information content (AvgIpc) is 3.19. The summed E-state index contributed by atoms with van der Waals surface area (Å²) in [7, 11) is 0. The van der Waals surface area contributed by atoms with Crippen LogP contribution in [0.2, 0.25) is 0 Å². The summed E-state index contributed by atoms with van der Waals surface area (Å²) in [6, 6.07) is 16.1. The van der Waals surface area contributed by atoms with Gasteiger partial charge in [-0.2, -0.15) is 0 Å². The van der Waals surface area contributed by atoms with Crippen LogP contribution in [0.25, 0.3) is 21.3 Å². The van der Waals surface area contributed by atoms with E-state index in [0.717, 1.165) is 44.6 Å². The van der Waals surface area contributed by atoms with Crippen molar-refractivity contribution in [2.24, 2.45) is 0 Å². The molecule has 0 unspecified atom stereocenters. The van der Waals surface area contributed by atoms with Crippen molar-refractivity contribution in [1.82, 2.24) is 10.3 Å². The number of nitrogens with zero attached hydrogens (tertiary/aromatic N) is 1. The van der Waals surface area contributed by atoms with Gasteiger partial charge in [-0.05, 0) is 35.7 Å². The van der Waals surface area contributed by atoms with Gasteiger partial charge in [0, 0.05) is 29.3 Å². The third-order valence-corrected chi connectivity index (χ3v) is 7.02. The maximum Gasteiger partial charge on any atom is 0.262 e. The Balaban J connectivity index is 1.58. The molecule has 5 rings (SSSR count). The van der Waals surface area contributed by atoms with Crippen LogP contribution in [0.1, 0.15) is 53.0 Å². The van der Waals surface area contributed by atoms with E-state index in [4.69, 9.17) is 4.74 Å². The molecule has 1 aliphatic heterocycles. The summed E-state index contributed by atoms with van der Waals surface area (Å²) in [6.45, 7) is 4.70. The second-order valence-corrected chi connectivity index (χ2v) is 9.27. The lowest BCUT2D eigenvalue weighted by molar-refractivity contribution is 0.0928. The second-order valence-electron chi connectivity index (χ2n) is 8.25. The van der Waals surface area contributed by atoms with Crippen LogP contribution >= 0.6 is 11.3 Å². The van der Waals surface area contributed by atoms with Gasteiger partial charge in [-0.1, -0.05) is 44.2 Å². The summed E-state index contributed by atoms with van der Waals surface area (Å²) in [5.41, 5.74) is 4.40. The Morgan fingerprint density at radius 2 is 2.03 bits per heavy atom. The van der Waals surface area contributed by atoms with Crippen molar-refractivity contribution in [3.63, 3.8) is 0 Å². The zero-order valence-electron chi connectivity index (χ0n) is 17.9. The number of pyridine rings is 1. The van der Waals surface area contributed by atoms with Crippen molar-refractivity contribution < 1.29 is 13.9 Å². The Hall–Kier alpha value is -3.25. The minimum atomic E-state index is -0.288. The molecule has 1 amide bonds. The number of ether oxygens (including phenoxy) is 1. The Labute approximate surface area is 190 Å². The number of benzene rings is 2. The van der Waals surface area contributed by atoms with Crippen LogP contribution in [0.4, 0.5) is 4.39 Å². The molecule has 4 nitrogen and oxygen atoms in total. The summed E-state index contributed by atoms with van der Waals surface area (Å²) in [4.78, 5) is 18.8. The smallest absolute Gasteiger partial charge is 0.262 e. The maximum atomic E-state index is 13.9. The van der Waals surface area contributed by atoms with Crippen molar-refractivity contribution >= 4 is 27.5 Å². The topological polar surface area (TPSA) is 51.2 Å². The lowest BCUT2D eigenvalue weighted by atomic mass is 9.98. The third-order valence-electron chi connectivity index (χ3n) is 5.79. The fourth-order valence-corrected chi connectivity index (χ4v) is 5.66. The molecule has 4 aromatic rings. The van der Waals surface area contributed by atoms with E-state index in [1.807, 2.05) is 36.4 Å². The van der Waals surface area contributed by atoms with Gasteiger partial charge in [-0.15, -0.1) is 11.3 Å². The monoisotopic (exact) mass is 446 g/mol. The number of hydrogen-bond acceptors (Lipinski definition) is 4. The summed E-state index contributed by atoms with van der Waals surface area (Å²) < 4.78 is 20.5. The second kappa shape index (κ2) is 8.36. The molecule has 0 saturated carbocycles. The zero-order valence-corrected chi connectivity index (χ0v) is 18.7. The van der Waals surface area contributed by atoms with E-state index in [9.17, 15) is 9.18 Å². The first kappa shape index (κ1) is 20.6.